The predicted octanol–water partition coefficient (Wildman–Crippen LogP) is 2.74. The highest BCUT2D eigenvalue weighted by Gasteiger charge is 2.07. The maximum absolute atomic E-state index is 6.15. The molecule has 1 unspecified atom stereocenters. The van der Waals surface area contributed by atoms with E-state index < -0.39 is 0 Å². The minimum absolute atomic E-state index is 0.258. The van der Waals surface area contributed by atoms with E-state index in [4.69, 9.17) is 11.6 Å². The van der Waals surface area contributed by atoms with Crippen molar-refractivity contribution in [2.75, 3.05) is 6.54 Å². The Morgan fingerprint density at radius 2 is 2.22 bits per heavy atom. The van der Waals surface area contributed by atoms with E-state index in [-0.39, 0.29) is 6.04 Å². The third-order valence-corrected chi connectivity index (χ3v) is 3.22. The Morgan fingerprint density at radius 1 is 1.39 bits per heavy atom. The van der Waals surface area contributed by atoms with Gasteiger partial charge in [-0.05, 0) is 31.5 Å². The number of aromatic nitrogens is 3. The SMILES string of the molecule is CC(NCCCc1ncn[nH]1)c1ccccc1Cl. The first-order chi connectivity index (χ1) is 8.77. The van der Waals surface area contributed by atoms with Crippen LogP contribution < -0.4 is 5.32 Å². The van der Waals surface area contributed by atoms with E-state index in [0.29, 0.717) is 0 Å². The molecule has 0 aliphatic heterocycles. The molecule has 5 heteroatoms. The molecule has 0 amide bonds. The van der Waals surface area contributed by atoms with Gasteiger partial charge in [0.1, 0.15) is 12.2 Å². The summed E-state index contributed by atoms with van der Waals surface area (Å²) in [6, 6.07) is 8.18. The normalized spacial score (nSPS) is 12.6. The summed E-state index contributed by atoms with van der Waals surface area (Å²) in [5.74, 6) is 0.933. The minimum atomic E-state index is 0.258. The van der Waals surface area contributed by atoms with Gasteiger partial charge < -0.3 is 5.32 Å². The molecule has 0 saturated carbocycles. The molecule has 1 aromatic heterocycles. The van der Waals surface area contributed by atoms with Gasteiger partial charge in [-0.2, -0.15) is 5.10 Å². The molecule has 0 radical (unpaired) electrons. The number of rotatable bonds is 6. The lowest BCUT2D eigenvalue weighted by atomic mass is 10.1. The Labute approximate surface area is 112 Å². The van der Waals surface area contributed by atoms with Crippen LogP contribution in [-0.2, 0) is 6.42 Å². The monoisotopic (exact) mass is 264 g/mol. The van der Waals surface area contributed by atoms with Crippen molar-refractivity contribution >= 4 is 11.6 Å². The summed E-state index contributed by atoms with van der Waals surface area (Å²) >= 11 is 6.15. The Kier molecular flexibility index (Phi) is 4.73. The van der Waals surface area contributed by atoms with Crippen molar-refractivity contribution in [2.45, 2.75) is 25.8 Å². The van der Waals surface area contributed by atoms with Crippen LogP contribution in [0.5, 0.6) is 0 Å². The van der Waals surface area contributed by atoms with Gasteiger partial charge in [0.2, 0.25) is 0 Å². The predicted molar refractivity (Wildman–Crippen MR) is 72.6 cm³/mol. The molecule has 0 aliphatic carbocycles. The summed E-state index contributed by atoms with van der Waals surface area (Å²) in [6.45, 7) is 3.04. The van der Waals surface area contributed by atoms with Crippen LogP contribution in [0, 0.1) is 0 Å². The van der Waals surface area contributed by atoms with Gasteiger partial charge in [0.25, 0.3) is 0 Å². The average Bonchev–Trinajstić information content (AvgIpc) is 2.88. The molecular formula is C13H17ClN4. The molecule has 4 nitrogen and oxygen atoms in total. The van der Waals surface area contributed by atoms with Gasteiger partial charge in [0.15, 0.2) is 0 Å². The molecule has 0 spiro atoms. The van der Waals surface area contributed by atoms with E-state index in [1.165, 1.54) is 6.33 Å². The number of nitrogens with one attached hydrogen (secondary N) is 2. The molecule has 1 heterocycles. The molecule has 18 heavy (non-hydrogen) atoms. The molecule has 0 fully saturated rings. The third kappa shape index (κ3) is 3.55. The number of aromatic amines is 1. The minimum Gasteiger partial charge on any atom is -0.310 e. The largest absolute Gasteiger partial charge is 0.310 e. The van der Waals surface area contributed by atoms with E-state index in [0.717, 1.165) is 35.8 Å². The molecule has 2 rings (SSSR count). The quantitative estimate of drug-likeness (QED) is 0.789. The van der Waals surface area contributed by atoms with Gasteiger partial charge in [0.05, 0.1) is 0 Å². The molecule has 0 aliphatic rings. The fourth-order valence-corrected chi connectivity index (χ4v) is 2.16. The molecule has 96 valence electrons. The highest BCUT2D eigenvalue weighted by Crippen LogP contribution is 2.21. The standard InChI is InChI=1S/C13H17ClN4/c1-10(11-5-2-3-6-12(11)14)15-8-4-7-13-16-9-17-18-13/h2-3,5-6,9-10,15H,4,7-8H2,1H3,(H,16,17,18). The van der Waals surface area contributed by atoms with E-state index in [2.05, 4.69) is 33.5 Å². The molecule has 1 aromatic carbocycles. The lowest BCUT2D eigenvalue weighted by molar-refractivity contribution is 0.554. The fourth-order valence-electron chi connectivity index (χ4n) is 1.86. The van der Waals surface area contributed by atoms with E-state index >= 15 is 0 Å². The first-order valence-electron chi connectivity index (χ1n) is 6.09. The molecule has 1 atom stereocenters. The van der Waals surface area contributed by atoms with Crippen LogP contribution in [0.3, 0.4) is 0 Å². The zero-order valence-electron chi connectivity index (χ0n) is 10.4. The zero-order valence-corrected chi connectivity index (χ0v) is 11.1. The topological polar surface area (TPSA) is 53.6 Å². The lowest BCUT2D eigenvalue weighted by Crippen LogP contribution is -2.20. The Hall–Kier alpha value is -1.39. The van der Waals surface area contributed by atoms with Gasteiger partial charge in [-0.15, -0.1) is 0 Å². The van der Waals surface area contributed by atoms with Crippen LogP contribution in [0.2, 0.25) is 5.02 Å². The summed E-state index contributed by atoms with van der Waals surface area (Å²) in [6.07, 6.45) is 3.46. The highest BCUT2D eigenvalue weighted by atomic mass is 35.5. The van der Waals surface area contributed by atoms with Crippen molar-refractivity contribution in [3.8, 4) is 0 Å². The molecule has 0 bridgehead atoms. The number of hydrogen-bond donors (Lipinski definition) is 2. The molecular weight excluding hydrogens is 248 g/mol. The maximum Gasteiger partial charge on any atom is 0.137 e. The number of H-pyrrole nitrogens is 1. The number of halogens is 1. The fraction of sp³-hybridized carbons (Fsp3) is 0.385. The van der Waals surface area contributed by atoms with Crippen LogP contribution in [0.15, 0.2) is 30.6 Å². The van der Waals surface area contributed by atoms with Gasteiger partial charge in [0, 0.05) is 17.5 Å². The van der Waals surface area contributed by atoms with E-state index in [1.54, 1.807) is 0 Å². The van der Waals surface area contributed by atoms with Crippen molar-refractivity contribution in [3.63, 3.8) is 0 Å². The molecule has 0 saturated heterocycles. The Bertz CT molecular complexity index is 470. The second kappa shape index (κ2) is 6.52. The van der Waals surface area contributed by atoms with E-state index in [9.17, 15) is 0 Å². The smallest absolute Gasteiger partial charge is 0.137 e. The maximum atomic E-state index is 6.15. The van der Waals surface area contributed by atoms with Crippen molar-refractivity contribution in [3.05, 3.63) is 47.0 Å². The summed E-state index contributed by atoms with van der Waals surface area (Å²) in [5.41, 5.74) is 1.14. The first kappa shape index (κ1) is 13.1. The first-order valence-corrected chi connectivity index (χ1v) is 6.47. The second-order valence-electron chi connectivity index (χ2n) is 4.23. The third-order valence-electron chi connectivity index (χ3n) is 2.88. The summed E-state index contributed by atoms with van der Waals surface area (Å²) in [5, 5.41) is 10.9. The zero-order chi connectivity index (χ0) is 12.8. The van der Waals surface area contributed by atoms with Gasteiger partial charge in [-0.1, -0.05) is 29.8 Å². The number of nitrogens with zero attached hydrogens (tertiary/aromatic N) is 2. The van der Waals surface area contributed by atoms with Crippen molar-refractivity contribution in [2.24, 2.45) is 0 Å². The van der Waals surface area contributed by atoms with Crippen molar-refractivity contribution in [1.82, 2.24) is 20.5 Å². The Morgan fingerprint density at radius 3 is 2.94 bits per heavy atom. The van der Waals surface area contributed by atoms with Gasteiger partial charge >= 0.3 is 0 Å². The number of aryl methyl sites for hydroxylation is 1. The molecule has 2 aromatic rings. The van der Waals surface area contributed by atoms with Crippen LogP contribution >= 0.6 is 11.6 Å². The highest BCUT2D eigenvalue weighted by molar-refractivity contribution is 6.31. The number of benzene rings is 1. The van der Waals surface area contributed by atoms with Crippen molar-refractivity contribution < 1.29 is 0 Å². The van der Waals surface area contributed by atoms with Gasteiger partial charge in [-0.25, -0.2) is 4.98 Å². The summed E-state index contributed by atoms with van der Waals surface area (Å²) < 4.78 is 0. The van der Waals surface area contributed by atoms with Crippen molar-refractivity contribution in [1.29, 1.82) is 0 Å². The van der Waals surface area contributed by atoms with Crippen LogP contribution in [0.25, 0.3) is 0 Å². The average molecular weight is 265 g/mol. The van der Waals surface area contributed by atoms with Crippen LogP contribution in [-0.4, -0.2) is 21.7 Å². The Balaban J connectivity index is 1.75. The van der Waals surface area contributed by atoms with E-state index in [1.807, 2.05) is 18.2 Å². The molecule has 2 N–H and O–H groups in total. The van der Waals surface area contributed by atoms with Gasteiger partial charge in [-0.3, -0.25) is 5.10 Å². The summed E-state index contributed by atoms with van der Waals surface area (Å²) in [4.78, 5) is 4.09. The number of hydrogen-bond acceptors (Lipinski definition) is 3. The van der Waals surface area contributed by atoms with Crippen LogP contribution in [0.1, 0.15) is 30.8 Å². The van der Waals surface area contributed by atoms with Crippen LogP contribution in [0.4, 0.5) is 0 Å². The summed E-state index contributed by atoms with van der Waals surface area (Å²) in [7, 11) is 0. The second-order valence-corrected chi connectivity index (χ2v) is 4.64. The lowest BCUT2D eigenvalue weighted by Gasteiger charge is -2.15.